The van der Waals surface area contributed by atoms with Crippen LogP contribution >= 0.6 is 0 Å². The molecule has 1 saturated carbocycles. The number of aromatic nitrogens is 1. The van der Waals surface area contributed by atoms with Gasteiger partial charge in [-0.05, 0) is 72.4 Å². The fourth-order valence-corrected chi connectivity index (χ4v) is 8.22. The molecule has 5 N–H and O–H groups in total. The van der Waals surface area contributed by atoms with E-state index in [-0.39, 0.29) is 50.4 Å². The lowest BCUT2D eigenvalue weighted by molar-refractivity contribution is -0.147. The van der Waals surface area contributed by atoms with Gasteiger partial charge < -0.3 is 35.5 Å². The summed E-state index contributed by atoms with van der Waals surface area (Å²) in [5, 5.41) is 19.9. The van der Waals surface area contributed by atoms with Crippen molar-refractivity contribution < 1.29 is 33.8 Å². The fourth-order valence-electron chi connectivity index (χ4n) is 8.22. The molecule has 2 heterocycles. The van der Waals surface area contributed by atoms with E-state index in [0.717, 1.165) is 51.6 Å². The van der Waals surface area contributed by atoms with Gasteiger partial charge in [0.15, 0.2) is 0 Å². The number of nitrogens with one attached hydrogen (secondary N) is 4. The maximum Gasteiger partial charge on any atom is 0.407 e. The average molecular weight is 733 g/mol. The molecule has 1 fully saturated rings. The number of rotatable bonds is 9. The third-order valence-corrected chi connectivity index (χ3v) is 11.1. The van der Waals surface area contributed by atoms with Gasteiger partial charge in [-0.2, -0.15) is 0 Å². The molecule has 0 bridgehead atoms. The first-order chi connectivity index (χ1) is 26.3. The van der Waals surface area contributed by atoms with Gasteiger partial charge in [0.1, 0.15) is 19.3 Å². The van der Waals surface area contributed by atoms with Crippen LogP contribution in [0.4, 0.5) is 4.79 Å². The number of ether oxygens (including phenoxy) is 2. The molecule has 2 aliphatic carbocycles. The van der Waals surface area contributed by atoms with Crippen LogP contribution in [0.2, 0.25) is 0 Å². The van der Waals surface area contributed by atoms with Gasteiger partial charge in [-0.25, -0.2) is 9.59 Å². The third kappa shape index (κ3) is 8.36. The normalized spacial score (nSPS) is 21.5. The van der Waals surface area contributed by atoms with E-state index in [0.29, 0.717) is 32.1 Å². The SMILES string of the molecule is O=C(C[C@H]1CC=CCC[C@H](NC(=O)OCC2c3ccccc3-c3ccccc32)C(=O)OC[C@H](Cc2c[nH]c3ccccc23)NC1=O)NC1(CO)CCCC1. The largest absolute Gasteiger partial charge is 0.462 e. The molecule has 0 radical (unpaired) electrons. The number of carbonyl (C=O) groups is 4. The summed E-state index contributed by atoms with van der Waals surface area (Å²) in [5.41, 5.74) is 5.64. The Morgan fingerprint density at radius 2 is 1.63 bits per heavy atom. The predicted octanol–water partition coefficient (Wildman–Crippen LogP) is 5.81. The number of aromatic amines is 1. The molecule has 3 aromatic carbocycles. The number of esters is 1. The van der Waals surface area contributed by atoms with Crippen molar-refractivity contribution in [3.63, 3.8) is 0 Å². The highest BCUT2D eigenvalue weighted by atomic mass is 16.6. The topological polar surface area (TPSA) is 159 Å². The molecule has 0 unspecified atom stereocenters. The molecule has 1 aliphatic heterocycles. The van der Waals surface area contributed by atoms with Crippen LogP contribution in [0.25, 0.3) is 22.0 Å². The zero-order valence-corrected chi connectivity index (χ0v) is 30.4. The number of H-pyrrole nitrogens is 1. The van der Waals surface area contributed by atoms with E-state index in [2.05, 4.69) is 33.1 Å². The second kappa shape index (κ2) is 16.7. The van der Waals surface area contributed by atoms with E-state index in [9.17, 15) is 24.3 Å². The number of para-hydroxylation sites is 1. The van der Waals surface area contributed by atoms with Crippen molar-refractivity contribution in [3.05, 3.63) is 108 Å². The third-order valence-electron chi connectivity index (χ3n) is 11.1. The van der Waals surface area contributed by atoms with Gasteiger partial charge in [0.25, 0.3) is 0 Å². The molecule has 282 valence electrons. The average Bonchev–Trinajstić information content (AvgIpc) is 3.91. The number of fused-ring (bicyclic) bond motifs is 4. The summed E-state index contributed by atoms with van der Waals surface area (Å²) in [6.45, 7) is -0.180. The van der Waals surface area contributed by atoms with Crippen molar-refractivity contribution in [2.45, 2.75) is 81.3 Å². The number of aliphatic hydroxyl groups excluding tert-OH is 1. The van der Waals surface area contributed by atoms with Crippen molar-refractivity contribution in [1.29, 1.82) is 0 Å². The van der Waals surface area contributed by atoms with Crippen LogP contribution in [0.3, 0.4) is 0 Å². The number of alkyl carbamates (subject to hydrolysis) is 1. The lowest BCUT2D eigenvalue weighted by Gasteiger charge is -2.29. The number of cyclic esters (lactones) is 1. The van der Waals surface area contributed by atoms with E-state index in [1.807, 2.05) is 79.0 Å². The van der Waals surface area contributed by atoms with Crippen LogP contribution in [0.5, 0.6) is 0 Å². The molecule has 0 saturated heterocycles. The zero-order valence-electron chi connectivity index (χ0n) is 30.4. The van der Waals surface area contributed by atoms with E-state index in [4.69, 9.17) is 9.47 Å². The molecule has 11 heteroatoms. The van der Waals surface area contributed by atoms with E-state index < -0.39 is 35.6 Å². The molecule has 0 spiro atoms. The lowest BCUT2D eigenvalue weighted by Crippen LogP contribution is -2.50. The van der Waals surface area contributed by atoms with Crippen LogP contribution in [0.15, 0.2) is 91.1 Å². The van der Waals surface area contributed by atoms with Crippen LogP contribution in [-0.2, 0) is 30.3 Å². The second-order valence-electron chi connectivity index (χ2n) is 14.8. The molecule has 7 rings (SSSR count). The summed E-state index contributed by atoms with van der Waals surface area (Å²) < 4.78 is 11.6. The summed E-state index contributed by atoms with van der Waals surface area (Å²) in [6, 6.07) is 22.4. The molecular formula is C43H48N4O7. The van der Waals surface area contributed by atoms with E-state index in [1.165, 1.54) is 0 Å². The Labute approximate surface area is 314 Å². The summed E-state index contributed by atoms with van der Waals surface area (Å²) in [7, 11) is 0. The number of benzene rings is 3. The Hall–Kier alpha value is -5.42. The van der Waals surface area contributed by atoms with Crippen LogP contribution < -0.4 is 16.0 Å². The van der Waals surface area contributed by atoms with Gasteiger partial charge in [0, 0.05) is 29.4 Å². The fraction of sp³-hybridized carbons (Fsp3) is 0.395. The number of carbonyl (C=O) groups excluding carboxylic acids is 4. The van der Waals surface area contributed by atoms with Crippen LogP contribution in [-0.4, -0.2) is 71.4 Å². The standard InChI is InChI=1S/C43H48N4O7/c48-27-43(20-10-11-21-43)47-39(49)23-28-12-2-1-3-19-38(41(51)53-25-30(45-40(28)50)22-29-24-44-37-18-9-8-13-31(29)37)46-42(52)54-26-36-34-16-6-4-14-32(34)33-15-5-7-17-35(33)36/h1-2,4-9,13-18,24,28,30,36,38,44,48H,3,10-12,19-23,25-27H2,(H,45,50)(H,46,52)(H,47,49)/t28-,30+,38+/m1/s1. The monoisotopic (exact) mass is 732 g/mol. The number of allylic oxidation sites excluding steroid dienone is 2. The number of aliphatic hydroxyl groups is 1. The molecular weight excluding hydrogens is 684 g/mol. The van der Waals surface area contributed by atoms with Crippen molar-refractivity contribution in [1.82, 2.24) is 20.9 Å². The summed E-state index contributed by atoms with van der Waals surface area (Å²) >= 11 is 0. The van der Waals surface area contributed by atoms with Gasteiger partial charge in [-0.3, -0.25) is 9.59 Å². The Bertz CT molecular complexity index is 1970. The second-order valence-corrected chi connectivity index (χ2v) is 14.8. The first-order valence-electron chi connectivity index (χ1n) is 19.0. The van der Waals surface area contributed by atoms with Crippen molar-refractivity contribution >= 4 is 34.8 Å². The highest BCUT2D eigenvalue weighted by Crippen LogP contribution is 2.44. The summed E-state index contributed by atoms with van der Waals surface area (Å²) in [4.78, 5) is 57.3. The Morgan fingerprint density at radius 3 is 2.37 bits per heavy atom. The van der Waals surface area contributed by atoms with Gasteiger partial charge >= 0.3 is 12.1 Å². The van der Waals surface area contributed by atoms with Gasteiger partial charge in [-0.1, -0.05) is 91.7 Å². The van der Waals surface area contributed by atoms with Gasteiger partial charge in [0.2, 0.25) is 11.8 Å². The summed E-state index contributed by atoms with van der Waals surface area (Å²) in [6.07, 6.45) is 9.39. The molecule has 54 heavy (non-hydrogen) atoms. The molecule has 3 aliphatic rings. The molecule has 1 aromatic heterocycles. The van der Waals surface area contributed by atoms with E-state index >= 15 is 0 Å². The summed E-state index contributed by atoms with van der Waals surface area (Å²) in [5.74, 6) is -2.05. The first-order valence-corrected chi connectivity index (χ1v) is 19.0. The van der Waals surface area contributed by atoms with Crippen molar-refractivity contribution in [2.75, 3.05) is 19.8 Å². The molecule has 3 amide bonds. The van der Waals surface area contributed by atoms with Crippen molar-refractivity contribution in [3.8, 4) is 11.1 Å². The Morgan fingerprint density at radius 1 is 0.926 bits per heavy atom. The Kier molecular flexibility index (Phi) is 11.4. The van der Waals surface area contributed by atoms with E-state index in [1.54, 1.807) is 0 Å². The quantitative estimate of drug-likeness (QED) is 0.107. The maximum absolute atomic E-state index is 13.9. The predicted molar refractivity (Wildman–Crippen MR) is 204 cm³/mol. The minimum absolute atomic E-state index is 0.0521. The van der Waals surface area contributed by atoms with Crippen molar-refractivity contribution in [2.24, 2.45) is 5.92 Å². The Balaban J connectivity index is 1.05. The van der Waals surface area contributed by atoms with Gasteiger partial charge in [0.05, 0.1) is 24.1 Å². The minimum Gasteiger partial charge on any atom is -0.462 e. The van der Waals surface area contributed by atoms with Gasteiger partial charge in [-0.15, -0.1) is 0 Å². The highest BCUT2D eigenvalue weighted by Gasteiger charge is 2.36. The molecule has 3 atom stereocenters. The van der Waals surface area contributed by atoms with Crippen LogP contribution in [0, 0.1) is 5.92 Å². The number of hydrogen-bond acceptors (Lipinski definition) is 7. The zero-order chi connectivity index (χ0) is 37.5. The lowest BCUT2D eigenvalue weighted by atomic mass is 9.95. The first kappa shape index (κ1) is 36.9. The molecule has 11 nitrogen and oxygen atoms in total. The number of hydrogen-bond donors (Lipinski definition) is 5. The minimum atomic E-state index is -0.988. The highest BCUT2D eigenvalue weighted by molar-refractivity contribution is 5.87. The smallest absolute Gasteiger partial charge is 0.407 e. The number of amides is 3. The maximum atomic E-state index is 13.9. The molecule has 4 aromatic rings. The van der Waals surface area contributed by atoms with Crippen LogP contribution in [0.1, 0.15) is 74.0 Å².